The summed E-state index contributed by atoms with van der Waals surface area (Å²) in [4.78, 5) is 7.38. The Morgan fingerprint density at radius 1 is 1.06 bits per heavy atom. The maximum atomic E-state index is 15.1. The highest BCUT2D eigenvalue weighted by Gasteiger charge is 2.29. The molecule has 1 aliphatic carbocycles. The molecule has 1 aliphatic rings. The van der Waals surface area contributed by atoms with Gasteiger partial charge in [-0.15, -0.1) is 0 Å². The number of hydrogen-bond donors (Lipinski definition) is 2. The van der Waals surface area contributed by atoms with E-state index < -0.39 is 47.0 Å². The van der Waals surface area contributed by atoms with Crippen LogP contribution in [0.15, 0.2) is 44.4 Å². The zero-order chi connectivity index (χ0) is 25.8. The van der Waals surface area contributed by atoms with Crippen molar-refractivity contribution in [3.05, 3.63) is 57.0 Å². The van der Waals surface area contributed by atoms with E-state index >= 15 is 4.39 Å². The highest BCUT2D eigenvalue weighted by atomic mass is 79.9. The Morgan fingerprint density at radius 2 is 1.78 bits per heavy atom. The van der Waals surface area contributed by atoms with Gasteiger partial charge in [-0.25, -0.2) is 36.2 Å². The number of nitrogens with zero attached hydrogens (tertiary/aromatic N) is 4. The summed E-state index contributed by atoms with van der Waals surface area (Å²) in [6.07, 6.45) is 5.32. The number of fused-ring (bicyclic) bond motifs is 1. The second-order valence-electron chi connectivity index (χ2n) is 8.29. The van der Waals surface area contributed by atoms with Gasteiger partial charge in [0.15, 0.2) is 11.5 Å². The van der Waals surface area contributed by atoms with Gasteiger partial charge in [-0.05, 0) is 62.9 Å². The van der Waals surface area contributed by atoms with Crippen LogP contribution in [0.5, 0.6) is 0 Å². The predicted octanol–water partition coefficient (Wildman–Crippen LogP) is 5.93. The Kier molecular flexibility index (Phi) is 6.45. The van der Waals surface area contributed by atoms with Gasteiger partial charge in [-0.1, -0.05) is 18.9 Å². The molecule has 0 spiro atoms. The predicted molar refractivity (Wildman–Crippen MR) is 135 cm³/mol. The lowest BCUT2D eigenvalue weighted by molar-refractivity contribution is 0.479. The van der Waals surface area contributed by atoms with E-state index in [1.807, 2.05) is 4.72 Å². The quantitative estimate of drug-likeness (QED) is 0.260. The van der Waals surface area contributed by atoms with Crippen LogP contribution in [0, 0.1) is 17.5 Å². The van der Waals surface area contributed by atoms with Crippen molar-refractivity contribution < 1.29 is 21.6 Å². The molecule has 8 nitrogen and oxygen atoms in total. The van der Waals surface area contributed by atoms with E-state index in [9.17, 15) is 17.2 Å². The van der Waals surface area contributed by atoms with Crippen LogP contribution in [-0.2, 0) is 10.0 Å². The number of nitrogens with one attached hydrogen (secondary N) is 1. The van der Waals surface area contributed by atoms with Gasteiger partial charge in [0, 0.05) is 5.56 Å². The second-order valence-corrected chi connectivity index (χ2v) is 11.6. The van der Waals surface area contributed by atoms with Crippen molar-refractivity contribution in [1.29, 1.82) is 0 Å². The number of benzene rings is 2. The normalized spacial score (nSPS) is 14.6. The molecular weight excluding hydrogens is 629 g/mol. The second kappa shape index (κ2) is 9.30. The first kappa shape index (κ1) is 25.0. The summed E-state index contributed by atoms with van der Waals surface area (Å²) in [6.45, 7) is 0. The lowest BCUT2D eigenvalue weighted by Crippen LogP contribution is -2.17. The van der Waals surface area contributed by atoms with Crippen molar-refractivity contribution >= 4 is 64.4 Å². The zero-order valence-electron chi connectivity index (χ0n) is 18.3. The minimum absolute atomic E-state index is 0.130. The molecule has 2 aromatic carbocycles. The number of rotatable bonds is 5. The summed E-state index contributed by atoms with van der Waals surface area (Å²) in [5.74, 6) is -3.01. The molecule has 0 radical (unpaired) electrons. The van der Waals surface area contributed by atoms with Crippen molar-refractivity contribution in [2.75, 3.05) is 10.5 Å². The van der Waals surface area contributed by atoms with Gasteiger partial charge in [-0.2, -0.15) is 5.10 Å². The number of nitrogen functional groups attached to an aromatic ring is 1. The highest BCUT2D eigenvalue weighted by Crippen LogP contribution is 2.38. The van der Waals surface area contributed by atoms with E-state index in [-0.39, 0.29) is 11.9 Å². The number of anilines is 2. The Balaban J connectivity index is 1.55. The summed E-state index contributed by atoms with van der Waals surface area (Å²) >= 11 is 5.53. The van der Waals surface area contributed by atoms with E-state index in [1.165, 1.54) is 18.5 Å². The molecule has 4 aromatic rings. The van der Waals surface area contributed by atoms with Gasteiger partial charge in [0.25, 0.3) is 10.0 Å². The average Bonchev–Trinajstić information content (AvgIpc) is 3.48. The van der Waals surface area contributed by atoms with E-state index in [1.54, 1.807) is 4.68 Å². The zero-order valence-corrected chi connectivity index (χ0v) is 22.3. The third kappa shape index (κ3) is 4.24. The lowest BCUT2D eigenvalue weighted by Gasteiger charge is -2.13. The molecule has 0 saturated heterocycles. The maximum absolute atomic E-state index is 15.1. The smallest absolute Gasteiger partial charge is 0.266 e. The first-order valence-corrected chi connectivity index (χ1v) is 13.8. The number of sulfonamides is 1. The molecule has 14 heteroatoms. The fourth-order valence-electron chi connectivity index (χ4n) is 4.33. The van der Waals surface area contributed by atoms with E-state index in [2.05, 4.69) is 46.9 Å². The molecule has 2 heterocycles. The molecule has 0 atom stereocenters. The van der Waals surface area contributed by atoms with Crippen LogP contribution >= 0.6 is 31.9 Å². The van der Waals surface area contributed by atoms with E-state index in [0.717, 1.165) is 37.8 Å². The van der Waals surface area contributed by atoms with Crippen LogP contribution < -0.4 is 10.5 Å². The minimum atomic E-state index is -4.71. The van der Waals surface area contributed by atoms with E-state index in [4.69, 9.17) is 5.73 Å². The Labute approximate surface area is 220 Å². The minimum Gasteiger partial charge on any atom is -0.383 e. The number of halogens is 5. The average molecular weight is 646 g/mol. The Morgan fingerprint density at radius 3 is 2.47 bits per heavy atom. The summed E-state index contributed by atoms with van der Waals surface area (Å²) in [5.41, 5.74) is 6.85. The summed E-state index contributed by atoms with van der Waals surface area (Å²) in [5, 5.41) is 5.13. The first-order valence-electron chi connectivity index (χ1n) is 10.7. The number of aromatic nitrogens is 4. The van der Waals surface area contributed by atoms with Gasteiger partial charge < -0.3 is 5.73 Å². The fourth-order valence-corrected chi connectivity index (χ4v) is 7.02. The van der Waals surface area contributed by atoms with Crippen LogP contribution in [0.1, 0.15) is 31.7 Å². The Bertz CT molecular complexity index is 1600. The molecule has 5 rings (SSSR count). The standard InChI is InChI=1S/C22H17Br2F3N6O2S/c23-12-8-14(26)17(24)20(18(12)27)36(34,35)32-15-6-5-10(7-13(15)25)19-16-21(28)29-9-30-22(16)33(31-19)11-3-1-2-4-11/h5-9,11,32H,1-4H2,(H2,28,29,30). The van der Waals surface area contributed by atoms with Crippen molar-refractivity contribution in [2.24, 2.45) is 0 Å². The van der Waals surface area contributed by atoms with Crippen molar-refractivity contribution in [1.82, 2.24) is 19.7 Å². The molecule has 36 heavy (non-hydrogen) atoms. The monoisotopic (exact) mass is 644 g/mol. The fraction of sp³-hybridized carbons (Fsp3) is 0.227. The molecule has 0 unspecified atom stereocenters. The van der Waals surface area contributed by atoms with Crippen LogP contribution in [-0.4, -0.2) is 28.2 Å². The molecule has 1 fully saturated rings. The maximum Gasteiger partial charge on any atom is 0.266 e. The molecule has 0 aliphatic heterocycles. The van der Waals surface area contributed by atoms with Crippen molar-refractivity contribution in [2.45, 2.75) is 36.6 Å². The largest absolute Gasteiger partial charge is 0.383 e. The van der Waals surface area contributed by atoms with Crippen LogP contribution in [0.4, 0.5) is 24.7 Å². The third-order valence-corrected chi connectivity index (χ3v) is 9.04. The molecule has 2 aromatic heterocycles. The van der Waals surface area contributed by atoms with Gasteiger partial charge in [0.05, 0.1) is 26.1 Å². The molecule has 188 valence electrons. The molecule has 0 amide bonds. The summed E-state index contributed by atoms with van der Waals surface area (Å²) in [6, 6.07) is 4.60. The molecule has 3 N–H and O–H groups in total. The summed E-state index contributed by atoms with van der Waals surface area (Å²) in [7, 11) is -4.71. The van der Waals surface area contributed by atoms with E-state index in [0.29, 0.717) is 22.3 Å². The molecule has 1 saturated carbocycles. The van der Waals surface area contributed by atoms with Crippen LogP contribution in [0.3, 0.4) is 0 Å². The van der Waals surface area contributed by atoms with Gasteiger partial charge in [-0.3, -0.25) is 4.72 Å². The van der Waals surface area contributed by atoms with Crippen LogP contribution in [0.2, 0.25) is 0 Å². The summed E-state index contributed by atoms with van der Waals surface area (Å²) < 4.78 is 72.2. The third-order valence-electron chi connectivity index (χ3n) is 6.02. The first-order chi connectivity index (χ1) is 17.1. The van der Waals surface area contributed by atoms with Gasteiger partial charge >= 0.3 is 0 Å². The number of hydrogen-bond acceptors (Lipinski definition) is 6. The van der Waals surface area contributed by atoms with Gasteiger partial charge in [0.2, 0.25) is 0 Å². The highest BCUT2D eigenvalue weighted by molar-refractivity contribution is 9.11. The van der Waals surface area contributed by atoms with Crippen molar-refractivity contribution in [3.8, 4) is 11.3 Å². The Hall–Kier alpha value is -2.71. The topological polar surface area (TPSA) is 116 Å². The molecular formula is C22H17Br2F3N6O2S. The van der Waals surface area contributed by atoms with Crippen LogP contribution in [0.25, 0.3) is 22.3 Å². The molecule has 0 bridgehead atoms. The number of nitrogens with two attached hydrogens (primary N) is 1. The lowest BCUT2D eigenvalue weighted by atomic mass is 10.1. The van der Waals surface area contributed by atoms with Gasteiger partial charge in [0.1, 0.15) is 34.4 Å². The SMILES string of the molecule is Nc1ncnc2c1c(-c1ccc(NS(=O)(=O)c3c(F)c(Br)cc(F)c3Br)c(F)c1)nn2C1CCCC1. The van der Waals surface area contributed by atoms with Crippen molar-refractivity contribution in [3.63, 3.8) is 0 Å².